The van der Waals surface area contributed by atoms with Crippen molar-refractivity contribution in [3.05, 3.63) is 34.9 Å². The molecule has 0 spiro atoms. The summed E-state index contributed by atoms with van der Waals surface area (Å²) in [5.74, 6) is -0.695. The fraction of sp³-hybridized carbons (Fsp3) is 0.467. The van der Waals surface area contributed by atoms with Gasteiger partial charge in [0.1, 0.15) is 5.92 Å². The van der Waals surface area contributed by atoms with E-state index in [0.717, 1.165) is 12.0 Å². The molecule has 2 nitrogen and oxygen atoms in total. The largest absolute Gasteiger partial charge is 0.298 e. The van der Waals surface area contributed by atoms with Crippen LogP contribution in [0.4, 0.5) is 0 Å². The molecular weight excluding hydrogens is 246 g/mol. The van der Waals surface area contributed by atoms with Gasteiger partial charge < -0.3 is 0 Å². The fourth-order valence-corrected chi connectivity index (χ4v) is 1.76. The maximum Gasteiger partial charge on any atom is 0.154 e. The molecule has 1 aromatic rings. The Labute approximate surface area is 114 Å². The van der Waals surface area contributed by atoms with Gasteiger partial charge in [-0.05, 0) is 29.5 Å². The highest BCUT2D eigenvalue weighted by atomic mass is 35.5. The molecule has 0 aliphatic rings. The lowest BCUT2D eigenvalue weighted by Crippen LogP contribution is -2.14. The van der Waals surface area contributed by atoms with Crippen LogP contribution in [0, 0.1) is 16.7 Å². The topological polar surface area (TPSA) is 40.9 Å². The summed E-state index contributed by atoms with van der Waals surface area (Å²) in [7, 11) is 0. The third-order valence-electron chi connectivity index (χ3n) is 2.78. The molecule has 0 fully saturated rings. The summed E-state index contributed by atoms with van der Waals surface area (Å²) in [6.07, 6.45) is 1.22. The molecule has 18 heavy (non-hydrogen) atoms. The van der Waals surface area contributed by atoms with Gasteiger partial charge in [-0.3, -0.25) is 4.79 Å². The molecule has 0 saturated carbocycles. The Kier molecular flexibility index (Phi) is 4.93. The normalized spacial score (nSPS) is 12.8. The van der Waals surface area contributed by atoms with Crippen LogP contribution in [0.5, 0.6) is 0 Å². The number of hydrogen-bond donors (Lipinski definition) is 0. The van der Waals surface area contributed by atoms with Crippen molar-refractivity contribution in [3.8, 4) is 6.07 Å². The summed E-state index contributed by atoms with van der Waals surface area (Å²) in [5.41, 5.74) is 0.830. The number of benzene rings is 1. The zero-order valence-corrected chi connectivity index (χ0v) is 11.8. The Morgan fingerprint density at radius 3 is 2.33 bits per heavy atom. The molecule has 0 saturated heterocycles. The van der Waals surface area contributed by atoms with Crippen molar-refractivity contribution < 1.29 is 4.79 Å². The summed E-state index contributed by atoms with van der Waals surface area (Å²) in [5, 5.41) is 9.75. The maximum atomic E-state index is 12.1. The summed E-state index contributed by atoms with van der Waals surface area (Å²) in [6.45, 7) is 6.26. The van der Waals surface area contributed by atoms with Crippen molar-refractivity contribution in [3.63, 3.8) is 0 Å². The Morgan fingerprint density at radius 1 is 1.33 bits per heavy atom. The van der Waals surface area contributed by atoms with Crippen molar-refractivity contribution in [2.75, 3.05) is 0 Å². The Bertz CT molecular complexity index is 451. The van der Waals surface area contributed by atoms with Gasteiger partial charge in [0.05, 0.1) is 6.07 Å². The minimum Gasteiger partial charge on any atom is -0.298 e. The van der Waals surface area contributed by atoms with E-state index in [9.17, 15) is 4.79 Å². The highest BCUT2D eigenvalue weighted by molar-refractivity contribution is 6.30. The van der Waals surface area contributed by atoms with Crippen LogP contribution in [0.1, 0.15) is 45.1 Å². The average Bonchev–Trinajstić information content (AvgIpc) is 2.29. The molecule has 0 aliphatic heterocycles. The Morgan fingerprint density at radius 2 is 1.89 bits per heavy atom. The van der Waals surface area contributed by atoms with E-state index in [0.29, 0.717) is 11.4 Å². The molecule has 1 unspecified atom stereocenters. The first-order chi connectivity index (χ1) is 8.33. The van der Waals surface area contributed by atoms with Gasteiger partial charge in [0.15, 0.2) is 5.78 Å². The SMILES string of the molecule is CC(C)(C)CCC(=O)C(C#N)c1ccc(Cl)cc1. The quantitative estimate of drug-likeness (QED) is 0.811. The molecule has 1 aromatic carbocycles. The van der Waals surface area contributed by atoms with Crippen molar-refractivity contribution >= 4 is 17.4 Å². The lowest BCUT2D eigenvalue weighted by molar-refractivity contribution is -0.119. The van der Waals surface area contributed by atoms with Gasteiger partial charge >= 0.3 is 0 Å². The fourth-order valence-electron chi connectivity index (χ4n) is 1.63. The van der Waals surface area contributed by atoms with Gasteiger partial charge in [0, 0.05) is 11.4 Å². The van der Waals surface area contributed by atoms with Crippen molar-refractivity contribution in [2.45, 2.75) is 39.5 Å². The van der Waals surface area contributed by atoms with Crippen LogP contribution in [0.3, 0.4) is 0 Å². The van der Waals surface area contributed by atoms with Gasteiger partial charge in [-0.1, -0.05) is 44.5 Å². The summed E-state index contributed by atoms with van der Waals surface area (Å²) in [6, 6.07) is 8.98. The number of Topliss-reactive ketones (excluding diaryl/α,β-unsaturated/α-hetero) is 1. The highest BCUT2D eigenvalue weighted by Gasteiger charge is 2.22. The molecule has 0 bridgehead atoms. The van der Waals surface area contributed by atoms with E-state index in [1.54, 1.807) is 24.3 Å². The van der Waals surface area contributed by atoms with E-state index >= 15 is 0 Å². The number of rotatable bonds is 4. The molecule has 3 heteroatoms. The van der Waals surface area contributed by atoms with Gasteiger partial charge in [0.25, 0.3) is 0 Å². The van der Waals surface area contributed by atoms with Gasteiger partial charge in [-0.15, -0.1) is 0 Å². The van der Waals surface area contributed by atoms with Crippen LogP contribution in [0.25, 0.3) is 0 Å². The molecule has 0 radical (unpaired) electrons. The Balaban J connectivity index is 2.75. The summed E-state index contributed by atoms with van der Waals surface area (Å²) >= 11 is 5.79. The van der Waals surface area contributed by atoms with Gasteiger partial charge in [0.2, 0.25) is 0 Å². The highest BCUT2D eigenvalue weighted by Crippen LogP contribution is 2.25. The number of nitriles is 1. The van der Waals surface area contributed by atoms with Crippen molar-refractivity contribution in [2.24, 2.45) is 5.41 Å². The van der Waals surface area contributed by atoms with Crippen LogP contribution >= 0.6 is 11.6 Å². The first kappa shape index (κ1) is 14.7. The van der Waals surface area contributed by atoms with E-state index in [1.165, 1.54) is 0 Å². The molecule has 0 aliphatic carbocycles. The lowest BCUT2D eigenvalue weighted by Gasteiger charge is -2.18. The van der Waals surface area contributed by atoms with E-state index < -0.39 is 5.92 Å². The minimum atomic E-state index is -0.676. The predicted molar refractivity (Wildman–Crippen MR) is 73.5 cm³/mol. The monoisotopic (exact) mass is 263 g/mol. The van der Waals surface area contributed by atoms with E-state index in [1.807, 2.05) is 0 Å². The lowest BCUT2D eigenvalue weighted by atomic mass is 9.86. The molecule has 1 atom stereocenters. The Hall–Kier alpha value is -1.33. The number of carbonyl (C=O) groups excluding carboxylic acids is 1. The number of nitrogens with zero attached hydrogens (tertiary/aromatic N) is 1. The summed E-state index contributed by atoms with van der Waals surface area (Å²) < 4.78 is 0. The predicted octanol–water partition coefficient (Wildman–Crippen LogP) is 4.34. The van der Waals surface area contributed by atoms with Crippen LogP contribution in [0.2, 0.25) is 5.02 Å². The van der Waals surface area contributed by atoms with Crippen molar-refractivity contribution in [1.29, 1.82) is 5.26 Å². The van der Waals surface area contributed by atoms with Crippen LogP contribution in [-0.4, -0.2) is 5.78 Å². The zero-order valence-electron chi connectivity index (χ0n) is 11.0. The molecule has 0 heterocycles. The number of hydrogen-bond acceptors (Lipinski definition) is 2. The van der Waals surface area contributed by atoms with Crippen molar-refractivity contribution in [1.82, 2.24) is 0 Å². The number of ketones is 1. The second-order valence-corrected chi connectivity index (χ2v) is 6.08. The molecule has 1 rings (SSSR count). The third-order valence-corrected chi connectivity index (χ3v) is 3.03. The third kappa shape index (κ3) is 4.50. The van der Waals surface area contributed by atoms with Gasteiger partial charge in [-0.2, -0.15) is 5.26 Å². The van der Waals surface area contributed by atoms with Crippen LogP contribution in [-0.2, 0) is 4.79 Å². The minimum absolute atomic E-state index is 0.0188. The first-order valence-electron chi connectivity index (χ1n) is 6.01. The van der Waals surface area contributed by atoms with E-state index in [2.05, 4.69) is 26.8 Å². The maximum absolute atomic E-state index is 12.1. The second-order valence-electron chi connectivity index (χ2n) is 5.64. The molecule has 96 valence electrons. The molecule has 0 aromatic heterocycles. The van der Waals surface area contributed by atoms with E-state index in [-0.39, 0.29) is 11.2 Å². The second kappa shape index (κ2) is 6.02. The number of halogens is 1. The standard InChI is InChI=1S/C15H18ClNO/c1-15(2,3)9-8-14(18)13(10-17)11-4-6-12(16)7-5-11/h4-7,13H,8-9H2,1-3H3. The van der Waals surface area contributed by atoms with E-state index in [4.69, 9.17) is 16.9 Å². The molecule has 0 amide bonds. The molecular formula is C15H18ClNO. The zero-order chi connectivity index (χ0) is 13.8. The first-order valence-corrected chi connectivity index (χ1v) is 6.39. The van der Waals surface area contributed by atoms with Crippen LogP contribution < -0.4 is 0 Å². The van der Waals surface area contributed by atoms with Crippen LogP contribution in [0.15, 0.2) is 24.3 Å². The number of carbonyl (C=O) groups is 1. The summed E-state index contributed by atoms with van der Waals surface area (Å²) in [4.78, 5) is 12.1. The average molecular weight is 264 g/mol. The van der Waals surface area contributed by atoms with Gasteiger partial charge in [-0.25, -0.2) is 0 Å². The smallest absolute Gasteiger partial charge is 0.154 e. The molecule has 0 N–H and O–H groups in total.